The van der Waals surface area contributed by atoms with E-state index in [0.717, 1.165) is 0 Å². The van der Waals surface area contributed by atoms with Gasteiger partial charge in [-0.1, -0.05) is 23.9 Å². The number of likely N-dealkylation sites (N-methyl/N-ethyl adjacent to an activating group) is 1. The number of anilines is 1. The quantitative estimate of drug-likeness (QED) is 0.486. The highest BCUT2D eigenvalue weighted by Crippen LogP contribution is 2.31. The molecular formula is C23H24N6O5. The molecule has 1 aliphatic rings. The molecule has 0 aliphatic carbocycles. The van der Waals surface area contributed by atoms with Crippen molar-refractivity contribution in [2.75, 3.05) is 18.6 Å². The Morgan fingerprint density at radius 2 is 2.21 bits per heavy atom. The second-order valence-corrected chi connectivity index (χ2v) is 8.02. The maximum Gasteiger partial charge on any atom is 0.291 e. The van der Waals surface area contributed by atoms with E-state index in [4.69, 9.17) is 9.26 Å². The standard InChI is InChI=1S/C23H24N6O5/c1-5-19-25-20(27-26-19)21(30)24-15-12-33-17-7-6-14(11-16(17)29(4)22(15)31)8-9-23(3,32)18-10-13(2)34-28-18/h6-7,10-11,15,32H,5,12H2,1-4H3,(H,24,30)(H,25,26,27)/t15-,23?/m0/s1. The van der Waals surface area contributed by atoms with Gasteiger partial charge in [0.2, 0.25) is 5.82 Å². The Morgan fingerprint density at radius 3 is 2.88 bits per heavy atom. The average Bonchev–Trinajstić information content (AvgIpc) is 3.47. The molecule has 11 nitrogen and oxygen atoms in total. The van der Waals surface area contributed by atoms with E-state index in [0.29, 0.717) is 40.7 Å². The number of carbonyl (C=O) groups is 2. The van der Waals surface area contributed by atoms with Crippen LogP contribution in [0.15, 0.2) is 28.8 Å². The summed E-state index contributed by atoms with van der Waals surface area (Å²) in [5.41, 5.74) is -0.177. The Bertz CT molecular complexity index is 1300. The number of benzene rings is 1. The summed E-state index contributed by atoms with van der Waals surface area (Å²) in [6, 6.07) is 5.76. The van der Waals surface area contributed by atoms with Gasteiger partial charge in [0.25, 0.3) is 11.8 Å². The summed E-state index contributed by atoms with van der Waals surface area (Å²) < 4.78 is 10.8. The van der Waals surface area contributed by atoms with Crippen LogP contribution in [0, 0.1) is 18.8 Å². The SMILES string of the molecule is CCc1nc(C(=O)N[C@H]2COc3ccc(C#CC(C)(O)c4cc(C)on4)cc3N(C)C2=O)n[nH]1. The van der Waals surface area contributed by atoms with Crippen LogP contribution in [0.3, 0.4) is 0 Å². The Balaban J connectivity index is 1.52. The molecule has 1 aliphatic heterocycles. The Labute approximate surface area is 195 Å². The minimum absolute atomic E-state index is 0.0408. The third-order valence-corrected chi connectivity index (χ3v) is 5.31. The van der Waals surface area contributed by atoms with E-state index >= 15 is 0 Å². The highest BCUT2D eigenvalue weighted by atomic mass is 16.5. The van der Waals surface area contributed by atoms with Crippen molar-refractivity contribution in [1.29, 1.82) is 0 Å². The normalized spacial score (nSPS) is 17.0. The van der Waals surface area contributed by atoms with Crippen molar-refractivity contribution in [3.8, 4) is 17.6 Å². The predicted octanol–water partition coefficient (Wildman–Crippen LogP) is 1.08. The van der Waals surface area contributed by atoms with Gasteiger partial charge < -0.3 is 24.6 Å². The molecule has 4 rings (SSSR count). The van der Waals surface area contributed by atoms with Crippen LogP contribution in [0.4, 0.5) is 5.69 Å². The molecule has 3 heterocycles. The van der Waals surface area contributed by atoms with Crippen LogP contribution in [-0.4, -0.2) is 57.0 Å². The number of aryl methyl sites for hydroxylation is 2. The summed E-state index contributed by atoms with van der Waals surface area (Å²) in [7, 11) is 1.59. The fourth-order valence-electron chi connectivity index (χ4n) is 3.31. The molecule has 0 radical (unpaired) electrons. The summed E-state index contributed by atoms with van der Waals surface area (Å²) in [6.45, 7) is 5.07. The second kappa shape index (κ2) is 8.99. The van der Waals surface area contributed by atoms with Crippen molar-refractivity contribution >= 4 is 17.5 Å². The van der Waals surface area contributed by atoms with E-state index in [1.54, 1.807) is 38.2 Å². The van der Waals surface area contributed by atoms with Crippen molar-refractivity contribution in [3.05, 3.63) is 52.9 Å². The van der Waals surface area contributed by atoms with Crippen LogP contribution >= 0.6 is 0 Å². The zero-order valence-electron chi connectivity index (χ0n) is 19.2. The smallest absolute Gasteiger partial charge is 0.291 e. The number of aliphatic hydroxyl groups is 1. The molecule has 11 heteroatoms. The van der Waals surface area contributed by atoms with Crippen molar-refractivity contribution in [1.82, 2.24) is 25.7 Å². The number of fused-ring (bicyclic) bond motifs is 1. The van der Waals surface area contributed by atoms with Crippen LogP contribution in [0.25, 0.3) is 0 Å². The van der Waals surface area contributed by atoms with Crippen LogP contribution in [0.1, 0.15) is 47.3 Å². The maximum absolute atomic E-state index is 13.0. The molecular weight excluding hydrogens is 440 g/mol. The first-order valence-electron chi connectivity index (χ1n) is 10.6. The van der Waals surface area contributed by atoms with E-state index in [-0.39, 0.29) is 18.3 Å². The number of amides is 2. The van der Waals surface area contributed by atoms with E-state index < -0.39 is 17.6 Å². The van der Waals surface area contributed by atoms with Gasteiger partial charge in [0.1, 0.15) is 35.7 Å². The zero-order chi connectivity index (χ0) is 24.5. The molecule has 3 aromatic rings. The highest BCUT2D eigenvalue weighted by molar-refractivity contribution is 6.02. The molecule has 0 saturated carbocycles. The summed E-state index contributed by atoms with van der Waals surface area (Å²) in [4.78, 5) is 31.0. The number of hydrogen-bond acceptors (Lipinski definition) is 8. The third kappa shape index (κ3) is 4.62. The van der Waals surface area contributed by atoms with Crippen molar-refractivity contribution < 1.29 is 24.0 Å². The van der Waals surface area contributed by atoms with E-state index in [9.17, 15) is 14.7 Å². The summed E-state index contributed by atoms with van der Waals surface area (Å²) in [5, 5.41) is 23.6. The largest absolute Gasteiger partial charge is 0.489 e. The van der Waals surface area contributed by atoms with E-state index in [1.807, 2.05) is 6.92 Å². The predicted molar refractivity (Wildman–Crippen MR) is 120 cm³/mol. The molecule has 34 heavy (non-hydrogen) atoms. The number of aromatic nitrogens is 4. The highest BCUT2D eigenvalue weighted by Gasteiger charge is 2.32. The van der Waals surface area contributed by atoms with Crippen LogP contribution in [0.2, 0.25) is 0 Å². The minimum Gasteiger partial charge on any atom is -0.489 e. The van der Waals surface area contributed by atoms with Gasteiger partial charge in [0.15, 0.2) is 5.60 Å². The third-order valence-electron chi connectivity index (χ3n) is 5.31. The molecule has 3 N–H and O–H groups in total. The number of ether oxygens (including phenoxy) is 1. The van der Waals surface area contributed by atoms with Gasteiger partial charge in [-0.15, -0.1) is 5.10 Å². The molecule has 0 saturated heterocycles. The molecule has 176 valence electrons. The van der Waals surface area contributed by atoms with Gasteiger partial charge in [-0.05, 0) is 32.0 Å². The van der Waals surface area contributed by atoms with Gasteiger partial charge >= 0.3 is 0 Å². The summed E-state index contributed by atoms with van der Waals surface area (Å²) in [5.74, 6) is 6.30. The summed E-state index contributed by atoms with van der Waals surface area (Å²) >= 11 is 0. The molecule has 1 aromatic carbocycles. The van der Waals surface area contributed by atoms with Crippen molar-refractivity contribution in [2.24, 2.45) is 0 Å². The topological polar surface area (TPSA) is 146 Å². The van der Waals surface area contributed by atoms with Crippen molar-refractivity contribution in [2.45, 2.75) is 38.8 Å². The summed E-state index contributed by atoms with van der Waals surface area (Å²) in [6.07, 6.45) is 0.600. The number of nitrogens with zero attached hydrogens (tertiary/aromatic N) is 4. The van der Waals surface area contributed by atoms with Crippen LogP contribution < -0.4 is 15.0 Å². The maximum atomic E-state index is 13.0. The lowest BCUT2D eigenvalue weighted by Gasteiger charge is -2.20. The fourth-order valence-corrected chi connectivity index (χ4v) is 3.31. The first kappa shape index (κ1) is 23.0. The lowest BCUT2D eigenvalue weighted by Crippen LogP contribution is -2.49. The average molecular weight is 464 g/mol. The molecule has 0 bridgehead atoms. The van der Waals surface area contributed by atoms with E-state index in [1.165, 1.54) is 11.8 Å². The van der Waals surface area contributed by atoms with Gasteiger partial charge in [0.05, 0.1) is 5.69 Å². The van der Waals surface area contributed by atoms with Crippen LogP contribution in [-0.2, 0) is 16.8 Å². The first-order chi connectivity index (χ1) is 16.2. The Kier molecular flexibility index (Phi) is 6.08. The minimum atomic E-state index is -1.52. The van der Waals surface area contributed by atoms with Gasteiger partial charge in [-0.2, -0.15) is 0 Å². The van der Waals surface area contributed by atoms with Crippen molar-refractivity contribution in [3.63, 3.8) is 0 Å². The molecule has 2 atom stereocenters. The lowest BCUT2D eigenvalue weighted by atomic mass is 10.0. The molecule has 2 amide bonds. The first-order valence-corrected chi connectivity index (χ1v) is 10.6. The van der Waals surface area contributed by atoms with Gasteiger partial charge in [-0.3, -0.25) is 14.7 Å². The number of rotatable bonds is 4. The molecule has 2 aromatic heterocycles. The number of nitrogens with one attached hydrogen (secondary N) is 2. The number of hydrogen-bond donors (Lipinski definition) is 3. The lowest BCUT2D eigenvalue weighted by molar-refractivity contribution is -0.120. The Hall–Kier alpha value is -4.17. The number of H-pyrrole nitrogens is 1. The second-order valence-electron chi connectivity index (χ2n) is 8.02. The van der Waals surface area contributed by atoms with Gasteiger partial charge in [0, 0.05) is 25.1 Å². The Morgan fingerprint density at radius 1 is 1.41 bits per heavy atom. The fraction of sp³-hybridized carbons (Fsp3) is 0.348. The van der Waals surface area contributed by atoms with Gasteiger partial charge in [-0.25, -0.2) is 4.98 Å². The molecule has 0 fully saturated rings. The zero-order valence-corrected chi connectivity index (χ0v) is 19.2. The van der Waals surface area contributed by atoms with Crippen LogP contribution in [0.5, 0.6) is 5.75 Å². The number of aromatic amines is 1. The number of carbonyl (C=O) groups excluding carboxylic acids is 2. The molecule has 1 unspecified atom stereocenters. The molecule has 0 spiro atoms. The monoisotopic (exact) mass is 464 g/mol. The van der Waals surface area contributed by atoms with E-state index in [2.05, 4.69) is 37.5 Å².